The molecule has 0 aliphatic carbocycles. The third-order valence-corrected chi connectivity index (χ3v) is 4.44. The van der Waals surface area contributed by atoms with Crippen LogP contribution in [0.25, 0.3) is 0 Å². The first-order valence-corrected chi connectivity index (χ1v) is 6.10. The standard InChI is InChI=1S/C10H11Br2NO/c1-5-7(11)4-6(8-2-3-13-8)10(14)9(5)12/h4,8,13-14H,2-3H2,1H3. The van der Waals surface area contributed by atoms with Crippen LogP contribution in [0.4, 0.5) is 0 Å². The van der Waals surface area contributed by atoms with Gasteiger partial charge >= 0.3 is 0 Å². The van der Waals surface area contributed by atoms with E-state index >= 15 is 0 Å². The first-order valence-electron chi connectivity index (χ1n) is 4.52. The van der Waals surface area contributed by atoms with Gasteiger partial charge in [0.25, 0.3) is 0 Å². The molecule has 0 aromatic heterocycles. The molecule has 0 bridgehead atoms. The van der Waals surface area contributed by atoms with E-state index in [2.05, 4.69) is 37.2 Å². The van der Waals surface area contributed by atoms with Crippen LogP contribution in [-0.4, -0.2) is 11.7 Å². The number of benzene rings is 1. The van der Waals surface area contributed by atoms with Crippen LogP contribution >= 0.6 is 31.9 Å². The number of phenolic OH excluding ortho intramolecular Hbond substituents is 1. The van der Waals surface area contributed by atoms with Gasteiger partial charge in [0.05, 0.1) is 4.47 Å². The average molecular weight is 321 g/mol. The Morgan fingerprint density at radius 2 is 2.14 bits per heavy atom. The second-order valence-electron chi connectivity index (χ2n) is 3.53. The molecule has 76 valence electrons. The molecular formula is C10H11Br2NO. The van der Waals surface area contributed by atoms with Crippen LogP contribution in [0, 0.1) is 6.92 Å². The number of phenols is 1. The molecule has 1 saturated heterocycles. The largest absolute Gasteiger partial charge is 0.506 e. The summed E-state index contributed by atoms with van der Waals surface area (Å²) in [6, 6.07) is 2.30. The van der Waals surface area contributed by atoms with E-state index in [0.29, 0.717) is 11.8 Å². The minimum Gasteiger partial charge on any atom is -0.506 e. The lowest BCUT2D eigenvalue weighted by Crippen LogP contribution is -2.35. The third kappa shape index (κ3) is 1.59. The maximum Gasteiger partial charge on any atom is 0.134 e. The van der Waals surface area contributed by atoms with Crippen molar-refractivity contribution in [2.24, 2.45) is 0 Å². The summed E-state index contributed by atoms with van der Waals surface area (Å²) >= 11 is 6.88. The van der Waals surface area contributed by atoms with Gasteiger partial charge < -0.3 is 10.4 Å². The normalized spacial score (nSPS) is 20.6. The van der Waals surface area contributed by atoms with E-state index < -0.39 is 0 Å². The molecule has 0 amide bonds. The fraction of sp³-hybridized carbons (Fsp3) is 0.400. The Hall–Kier alpha value is -0.0600. The van der Waals surface area contributed by atoms with Crippen molar-refractivity contribution in [3.8, 4) is 5.75 Å². The Morgan fingerprint density at radius 1 is 1.50 bits per heavy atom. The van der Waals surface area contributed by atoms with Crippen LogP contribution in [0.5, 0.6) is 5.75 Å². The van der Waals surface area contributed by atoms with Crippen LogP contribution < -0.4 is 5.32 Å². The maximum atomic E-state index is 9.93. The van der Waals surface area contributed by atoms with Gasteiger partial charge in [-0.25, -0.2) is 0 Å². The van der Waals surface area contributed by atoms with Crippen molar-refractivity contribution in [1.29, 1.82) is 0 Å². The molecule has 4 heteroatoms. The predicted molar refractivity (Wildman–Crippen MR) is 63.6 cm³/mol. The first kappa shape index (κ1) is 10.5. The lowest BCUT2D eigenvalue weighted by atomic mass is 9.96. The Balaban J connectivity index is 2.49. The van der Waals surface area contributed by atoms with Gasteiger partial charge in [-0.3, -0.25) is 0 Å². The molecule has 2 N–H and O–H groups in total. The maximum absolute atomic E-state index is 9.93. The number of hydrogen-bond donors (Lipinski definition) is 2. The highest BCUT2D eigenvalue weighted by molar-refractivity contribution is 9.11. The molecule has 1 fully saturated rings. The monoisotopic (exact) mass is 319 g/mol. The zero-order valence-corrected chi connectivity index (χ0v) is 10.9. The summed E-state index contributed by atoms with van der Waals surface area (Å²) in [6.45, 7) is 3.00. The highest BCUT2D eigenvalue weighted by Crippen LogP contribution is 2.40. The number of hydrogen-bond acceptors (Lipinski definition) is 2. The summed E-state index contributed by atoms with van der Waals surface area (Å²) in [5.74, 6) is 0.364. The minimum atomic E-state index is 0.309. The summed E-state index contributed by atoms with van der Waals surface area (Å²) in [6.07, 6.45) is 1.09. The predicted octanol–water partition coefficient (Wildman–Crippen LogP) is 3.26. The summed E-state index contributed by atoms with van der Waals surface area (Å²) in [5, 5.41) is 13.2. The van der Waals surface area contributed by atoms with E-state index in [1.165, 1.54) is 0 Å². The zero-order valence-electron chi connectivity index (χ0n) is 7.77. The van der Waals surface area contributed by atoms with Gasteiger partial charge in [0.1, 0.15) is 5.75 Å². The van der Waals surface area contributed by atoms with Gasteiger partial charge in [0.15, 0.2) is 0 Å². The topological polar surface area (TPSA) is 32.3 Å². The Morgan fingerprint density at radius 3 is 2.64 bits per heavy atom. The molecule has 1 aliphatic heterocycles. The molecule has 0 saturated carbocycles. The quantitative estimate of drug-likeness (QED) is 0.832. The molecule has 1 heterocycles. The van der Waals surface area contributed by atoms with Gasteiger partial charge in [-0.1, -0.05) is 15.9 Å². The zero-order chi connectivity index (χ0) is 10.3. The van der Waals surface area contributed by atoms with Crippen molar-refractivity contribution in [1.82, 2.24) is 5.32 Å². The fourth-order valence-electron chi connectivity index (χ4n) is 1.54. The van der Waals surface area contributed by atoms with Crippen molar-refractivity contribution in [2.45, 2.75) is 19.4 Å². The van der Waals surface area contributed by atoms with E-state index in [1.54, 1.807) is 0 Å². The van der Waals surface area contributed by atoms with E-state index in [1.807, 2.05) is 13.0 Å². The average Bonchev–Trinajstić information content (AvgIpc) is 2.08. The number of nitrogens with one attached hydrogen (secondary N) is 1. The Bertz CT molecular complexity index is 375. The fourth-order valence-corrected chi connectivity index (χ4v) is 2.70. The van der Waals surface area contributed by atoms with E-state index in [9.17, 15) is 5.11 Å². The first-order chi connectivity index (χ1) is 6.61. The van der Waals surface area contributed by atoms with E-state index in [-0.39, 0.29) is 0 Å². The highest BCUT2D eigenvalue weighted by Gasteiger charge is 2.24. The van der Waals surface area contributed by atoms with Gasteiger partial charge in [-0.05, 0) is 47.4 Å². The second-order valence-corrected chi connectivity index (χ2v) is 5.18. The number of aromatic hydroxyl groups is 1. The summed E-state index contributed by atoms with van der Waals surface area (Å²) in [4.78, 5) is 0. The van der Waals surface area contributed by atoms with Crippen LogP contribution in [0.3, 0.4) is 0 Å². The molecule has 1 aliphatic rings. The van der Waals surface area contributed by atoms with E-state index in [0.717, 1.165) is 33.0 Å². The molecule has 1 unspecified atom stereocenters. The highest BCUT2D eigenvalue weighted by atomic mass is 79.9. The Labute approximate surface area is 100.0 Å². The van der Waals surface area contributed by atoms with Gasteiger partial charge in [-0.15, -0.1) is 0 Å². The molecule has 1 aromatic carbocycles. The van der Waals surface area contributed by atoms with Gasteiger partial charge in [0, 0.05) is 16.1 Å². The molecule has 2 nitrogen and oxygen atoms in total. The smallest absolute Gasteiger partial charge is 0.134 e. The van der Waals surface area contributed by atoms with Crippen LogP contribution in [0.15, 0.2) is 15.0 Å². The number of halogens is 2. The summed E-state index contributed by atoms with van der Waals surface area (Å²) in [7, 11) is 0. The minimum absolute atomic E-state index is 0.309. The molecule has 1 atom stereocenters. The van der Waals surface area contributed by atoms with Crippen molar-refractivity contribution >= 4 is 31.9 Å². The van der Waals surface area contributed by atoms with Gasteiger partial charge in [-0.2, -0.15) is 0 Å². The SMILES string of the molecule is Cc1c(Br)cc(C2CCN2)c(O)c1Br. The molecule has 0 radical (unpaired) electrons. The van der Waals surface area contributed by atoms with Crippen LogP contribution in [0.1, 0.15) is 23.6 Å². The molecule has 0 spiro atoms. The molecule has 14 heavy (non-hydrogen) atoms. The van der Waals surface area contributed by atoms with Crippen molar-refractivity contribution in [3.05, 3.63) is 26.1 Å². The second kappa shape index (κ2) is 3.83. The van der Waals surface area contributed by atoms with Crippen molar-refractivity contribution in [2.75, 3.05) is 6.54 Å². The van der Waals surface area contributed by atoms with Gasteiger partial charge in [0.2, 0.25) is 0 Å². The van der Waals surface area contributed by atoms with Crippen molar-refractivity contribution in [3.63, 3.8) is 0 Å². The summed E-state index contributed by atoms with van der Waals surface area (Å²) in [5.41, 5.74) is 2.01. The van der Waals surface area contributed by atoms with E-state index in [4.69, 9.17) is 0 Å². The summed E-state index contributed by atoms with van der Waals surface area (Å²) < 4.78 is 1.82. The third-order valence-electron chi connectivity index (χ3n) is 2.65. The number of rotatable bonds is 1. The van der Waals surface area contributed by atoms with Crippen LogP contribution in [-0.2, 0) is 0 Å². The Kier molecular flexibility index (Phi) is 2.86. The molecule has 2 rings (SSSR count). The lowest BCUT2D eigenvalue weighted by molar-refractivity contribution is 0.363. The lowest BCUT2D eigenvalue weighted by Gasteiger charge is -2.29. The molecular weight excluding hydrogens is 310 g/mol. The molecule has 1 aromatic rings. The van der Waals surface area contributed by atoms with Crippen LogP contribution in [0.2, 0.25) is 0 Å². The van der Waals surface area contributed by atoms with Crippen molar-refractivity contribution < 1.29 is 5.11 Å².